The van der Waals surface area contributed by atoms with Crippen LogP contribution in [0.2, 0.25) is 0 Å². The van der Waals surface area contributed by atoms with Gasteiger partial charge in [0.05, 0.1) is 18.8 Å². The first-order valence-electron chi connectivity index (χ1n) is 10.5. The number of ether oxygens (including phenoxy) is 3. The molecule has 2 aromatic carbocycles. The number of Topliss-reactive ketones (excluding diaryl/α,β-unsaturated/α-hetero) is 1. The summed E-state index contributed by atoms with van der Waals surface area (Å²) in [5, 5.41) is 0. The van der Waals surface area contributed by atoms with Gasteiger partial charge in [0.2, 0.25) is 0 Å². The Morgan fingerprint density at radius 1 is 1.00 bits per heavy atom. The lowest BCUT2D eigenvalue weighted by atomic mass is 9.82. The summed E-state index contributed by atoms with van der Waals surface area (Å²) in [7, 11) is 1.60. The van der Waals surface area contributed by atoms with Gasteiger partial charge >= 0.3 is 0 Å². The molecule has 0 N–H and O–H groups in total. The summed E-state index contributed by atoms with van der Waals surface area (Å²) in [6.07, 6.45) is 1.60. The summed E-state index contributed by atoms with van der Waals surface area (Å²) in [6.45, 7) is 7.47. The smallest absolute Gasteiger partial charge is 0.188 e. The fraction of sp³-hybridized carbons (Fsp3) is 0.458. The van der Waals surface area contributed by atoms with Gasteiger partial charge in [-0.2, -0.15) is 0 Å². The average molecular weight is 430 g/mol. The molecule has 0 saturated carbocycles. The van der Waals surface area contributed by atoms with Gasteiger partial charge in [0, 0.05) is 35.6 Å². The van der Waals surface area contributed by atoms with Crippen LogP contribution in [0, 0.1) is 0 Å². The number of nitrogens with zero attached hydrogens (tertiary/aromatic N) is 1. The van der Waals surface area contributed by atoms with Crippen molar-refractivity contribution in [2.24, 2.45) is 0 Å². The van der Waals surface area contributed by atoms with Crippen LogP contribution in [0.5, 0.6) is 5.75 Å². The summed E-state index contributed by atoms with van der Waals surface area (Å²) < 4.78 is 15.8. The molecule has 1 aliphatic heterocycles. The van der Waals surface area contributed by atoms with Crippen LogP contribution in [-0.2, 0) is 9.47 Å². The Bertz CT molecular complexity index is 797. The summed E-state index contributed by atoms with van der Waals surface area (Å²) in [4.78, 5) is 18.0. The predicted molar refractivity (Wildman–Crippen MR) is 120 cm³/mol. The number of rotatable bonds is 10. The molecule has 0 aliphatic carbocycles. The second-order valence-electron chi connectivity index (χ2n) is 7.32. The van der Waals surface area contributed by atoms with Crippen LogP contribution in [0.15, 0.2) is 58.3 Å². The first-order chi connectivity index (χ1) is 14.6. The van der Waals surface area contributed by atoms with E-state index in [9.17, 15) is 4.79 Å². The molecule has 1 fully saturated rings. The van der Waals surface area contributed by atoms with Crippen molar-refractivity contribution < 1.29 is 19.0 Å². The molecule has 6 heteroatoms. The molecule has 2 aromatic rings. The van der Waals surface area contributed by atoms with Crippen LogP contribution < -0.4 is 4.74 Å². The molecular weight excluding hydrogens is 398 g/mol. The van der Waals surface area contributed by atoms with Crippen molar-refractivity contribution in [2.45, 2.75) is 42.0 Å². The summed E-state index contributed by atoms with van der Waals surface area (Å²) in [5.41, 5.74) is 0.328. The van der Waals surface area contributed by atoms with Gasteiger partial charge in [0.15, 0.2) is 12.6 Å². The Hall–Kier alpha value is -1.86. The van der Waals surface area contributed by atoms with Crippen LogP contribution >= 0.6 is 11.8 Å². The molecule has 0 spiro atoms. The van der Waals surface area contributed by atoms with Gasteiger partial charge < -0.3 is 14.2 Å². The highest BCUT2D eigenvalue weighted by atomic mass is 32.2. The number of carbonyl (C=O) groups excluding carboxylic acids is 1. The zero-order valence-corrected chi connectivity index (χ0v) is 18.9. The summed E-state index contributed by atoms with van der Waals surface area (Å²) >= 11 is 1.66. The Morgan fingerprint density at radius 3 is 2.10 bits per heavy atom. The van der Waals surface area contributed by atoms with E-state index in [1.807, 2.05) is 48.5 Å². The Balaban J connectivity index is 1.70. The van der Waals surface area contributed by atoms with E-state index in [4.69, 9.17) is 14.2 Å². The van der Waals surface area contributed by atoms with E-state index in [0.29, 0.717) is 13.2 Å². The molecule has 5 nitrogen and oxygen atoms in total. The zero-order valence-electron chi connectivity index (χ0n) is 18.1. The largest absolute Gasteiger partial charge is 0.468 e. The minimum Gasteiger partial charge on any atom is -0.468 e. The molecule has 1 aliphatic rings. The third kappa shape index (κ3) is 5.24. The molecule has 0 amide bonds. The fourth-order valence-corrected chi connectivity index (χ4v) is 4.78. The first kappa shape index (κ1) is 22.8. The molecule has 1 saturated heterocycles. The maximum atomic E-state index is 13.5. The molecule has 162 valence electrons. The van der Waals surface area contributed by atoms with Gasteiger partial charge in [-0.3, -0.25) is 9.69 Å². The second-order valence-corrected chi connectivity index (χ2v) is 8.46. The number of ketones is 1. The lowest BCUT2D eigenvalue weighted by Gasteiger charge is -2.43. The van der Waals surface area contributed by atoms with Crippen LogP contribution in [-0.4, -0.2) is 56.4 Å². The standard InChI is InChI=1S/C24H31NO4S/c1-4-24(5-2,25-14-16-28-17-15-25)23(26)19-6-10-21(11-7-19)30-22-12-8-20(9-13-22)29-18-27-3/h6-13H,4-5,14-18H2,1-3H3. The quantitative estimate of drug-likeness (QED) is 0.396. The van der Waals surface area contributed by atoms with Gasteiger partial charge in [-0.15, -0.1) is 0 Å². The van der Waals surface area contributed by atoms with Gasteiger partial charge in [-0.25, -0.2) is 0 Å². The van der Waals surface area contributed by atoms with E-state index in [1.54, 1.807) is 18.9 Å². The highest BCUT2D eigenvalue weighted by Crippen LogP contribution is 2.32. The highest BCUT2D eigenvalue weighted by Gasteiger charge is 2.41. The van der Waals surface area contributed by atoms with Gasteiger partial charge in [0.25, 0.3) is 0 Å². The number of hydrogen-bond acceptors (Lipinski definition) is 6. The lowest BCUT2D eigenvalue weighted by molar-refractivity contribution is -0.0175. The topological polar surface area (TPSA) is 48.0 Å². The fourth-order valence-electron chi connectivity index (χ4n) is 3.96. The maximum Gasteiger partial charge on any atom is 0.188 e. The third-order valence-electron chi connectivity index (χ3n) is 5.73. The van der Waals surface area contributed by atoms with Gasteiger partial charge in [0.1, 0.15) is 5.75 Å². The van der Waals surface area contributed by atoms with Gasteiger partial charge in [-0.05, 0) is 49.2 Å². The molecule has 0 atom stereocenters. The average Bonchev–Trinajstić information content (AvgIpc) is 2.81. The minimum atomic E-state index is -0.448. The molecule has 0 aromatic heterocycles. The number of benzene rings is 2. The van der Waals surface area contributed by atoms with E-state index in [-0.39, 0.29) is 12.6 Å². The molecule has 0 radical (unpaired) electrons. The van der Waals surface area contributed by atoms with Crippen LogP contribution in [0.3, 0.4) is 0 Å². The van der Waals surface area contributed by atoms with Crippen molar-refractivity contribution in [3.63, 3.8) is 0 Å². The van der Waals surface area contributed by atoms with Gasteiger partial charge in [-0.1, -0.05) is 37.7 Å². The maximum absolute atomic E-state index is 13.5. The highest BCUT2D eigenvalue weighted by molar-refractivity contribution is 7.99. The minimum absolute atomic E-state index is 0.214. The monoisotopic (exact) mass is 429 g/mol. The molecule has 0 unspecified atom stereocenters. The number of carbonyl (C=O) groups is 1. The van der Waals surface area contributed by atoms with E-state index in [1.165, 1.54) is 0 Å². The predicted octanol–water partition coefficient (Wildman–Crippen LogP) is 4.89. The van der Waals surface area contributed by atoms with E-state index >= 15 is 0 Å². The Morgan fingerprint density at radius 2 is 1.57 bits per heavy atom. The van der Waals surface area contributed by atoms with Crippen molar-refractivity contribution in [2.75, 3.05) is 40.2 Å². The van der Waals surface area contributed by atoms with Crippen molar-refractivity contribution in [3.05, 3.63) is 54.1 Å². The van der Waals surface area contributed by atoms with E-state index < -0.39 is 5.54 Å². The number of morpholine rings is 1. The van der Waals surface area contributed by atoms with Crippen molar-refractivity contribution in [3.8, 4) is 5.75 Å². The molecule has 30 heavy (non-hydrogen) atoms. The molecular formula is C24H31NO4S. The number of methoxy groups -OCH3 is 1. The van der Waals surface area contributed by atoms with E-state index in [2.05, 4.69) is 18.7 Å². The lowest BCUT2D eigenvalue weighted by Crippen LogP contribution is -2.57. The van der Waals surface area contributed by atoms with Crippen molar-refractivity contribution >= 4 is 17.5 Å². The van der Waals surface area contributed by atoms with Crippen LogP contribution in [0.1, 0.15) is 37.0 Å². The van der Waals surface area contributed by atoms with Crippen LogP contribution in [0.25, 0.3) is 0 Å². The van der Waals surface area contributed by atoms with E-state index in [0.717, 1.165) is 47.0 Å². The molecule has 3 rings (SSSR count). The first-order valence-corrected chi connectivity index (χ1v) is 11.3. The van der Waals surface area contributed by atoms with Crippen molar-refractivity contribution in [1.82, 2.24) is 4.90 Å². The molecule has 0 bridgehead atoms. The normalized spacial score (nSPS) is 15.2. The SMILES string of the molecule is CCC(CC)(C(=O)c1ccc(Sc2ccc(OCOC)cc2)cc1)N1CCOCC1. The summed E-state index contributed by atoms with van der Waals surface area (Å²) in [5.74, 6) is 0.992. The number of hydrogen-bond donors (Lipinski definition) is 0. The zero-order chi connectivity index (χ0) is 21.4. The summed E-state index contributed by atoms with van der Waals surface area (Å²) in [6, 6.07) is 15.9. The Kier molecular flexibility index (Phi) is 8.33. The molecule has 1 heterocycles. The van der Waals surface area contributed by atoms with Crippen molar-refractivity contribution in [1.29, 1.82) is 0 Å². The third-order valence-corrected chi connectivity index (χ3v) is 6.74. The second kappa shape index (κ2) is 11.0. The Labute approximate surface area is 183 Å². The van der Waals surface area contributed by atoms with Crippen LogP contribution in [0.4, 0.5) is 0 Å².